The highest BCUT2D eigenvalue weighted by Crippen LogP contribution is 2.28. The largest absolute Gasteiger partial charge is 0.443 e. The van der Waals surface area contributed by atoms with Crippen molar-refractivity contribution in [1.82, 2.24) is 9.55 Å². The zero-order valence-corrected chi connectivity index (χ0v) is 12.7. The van der Waals surface area contributed by atoms with E-state index in [1.165, 1.54) is 17.0 Å². The highest BCUT2D eigenvalue weighted by atomic mass is 35.5. The standard InChI is InChI=1S/C15H15ClN2O3/c1-15(2,3)21-14(20)18-8-10(6-11(18)9-19)12-4-5-17-7-13(12)16/h4-9H,1-3H3. The Morgan fingerprint density at radius 3 is 2.71 bits per heavy atom. The number of nitrogens with zero attached hydrogens (tertiary/aromatic N) is 2. The van der Waals surface area contributed by atoms with Crippen LogP contribution in [0.25, 0.3) is 11.1 Å². The van der Waals surface area contributed by atoms with Crippen molar-refractivity contribution in [3.63, 3.8) is 0 Å². The first-order valence-electron chi connectivity index (χ1n) is 6.32. The molecule has 0 unspecified atom stereocenters. The monoisotopic (exact) mass is 306 g/mol. The molecule has 0 fully saturated rings. The lowest BCUT2D eigenvalue weighted by atomic mass is 10.1. The minimum Gasteiger partial charge on any atom is -0.443 e. The highest BCUT2D eigenvalue weighted by molar-refractivity contribution is 6.33. The molecule has 0 aromatic carbocycles. The summed E-state index contributed by atoms with van der Waals surface area (Å²) in [5, 5.41) is 0.441. The van der Waals surface area contributed by atoms with Crippen LogP contribution >= 0.6 is 11.6 Å². The second kappa shape index (κ2) is 5.69. The molecule has 21 heavy (non-hydrogen) atoms. The maximum atomic E-state index is 12.1. The van der Waals surface area contributed by atoms with E-state index in [0.29, 0.717) is 22.4 Å². The van der Waals surface area contributed by atoms with Crippen LogP contribution in [0, 0.1) is 0 Å². The van der Waals surface area contributed by atoms with Gasteiger partial charge in [-0.1, -0.05) is 11.6 Å². The topological polar surface area (TPSA) is 61.2 Å². The van der Waals surface area contributed by atoms with Gasteiger partial charge in [0.05, 0.1) is 10.7 Å². The molecule has 0 bridgehead atoms. The van der Waals surface area contributed by atoms with Crippen LogP contribution in [0.5, 0.6) is 0 Å². The molecule has 0 aliphatic rings. The Labute approximate surface area is 127 Å². The predicted molar refractivity (Wildman–Crippen MR) is 79.7 cm³/mol. The summed E-state index contributed by atoms with van der Waals surface area (Å²) in [5.41, 5.74) is 0.898. The molecule has 6 heteroatoms. The van der Waals surface area contributed by atoms with Gasteiger partial charge in [-0.3, -0.25) is 9.78 Å². The average Bonchev–Trinajstić information content (AvgIpc) is 2.81. The summed E-state index contributed by atoms with van der Waals surface area (Å²) in [6, 6.07) is 3.30. The molecule has 2 aromatic rings. The molecule has 2 aromatic heterocycles. The fraction of sp³-hybridized carbons (Fsp3) is 0.267. The number of carbonyl (C=O) groups excluding carboxylic acids is 2. The van der Waals surface area contributed by atoms with Gasteiger partial charge in [0.1, 0.15) is 5.60 Å². The third kappa shape index (κ3) is 3.49. The molecule has 0 amide bonds. The zero-order chi connectivity index (χ0) is 15.6. The smallest absolute Gasteiger partial charge is 0.419 e. The van der Waals surface area contributed by atoms with Gasteiger partial charge in [0, 0.05) is 29.7 Å². The zero-order valence-electron chi connectivity index (χ0n) is 12.0. The van der Waals surface area contributed by atoms with E-state index in [1.807, 2.05) is 0 Å². The molecule has 0 aliphatic heterocycles. The first-order chi connectivity index (χ1) is 9.81. The van der Waals surface area contributed by atoms with E-state index in [1.54, 1.807) is 39.1 Å². The van der Waals surface area contributed by atoms with Crippen molar-refractivity contribution in [3.8, 4) is 11.1 Å². The van der Waals surface area contributed by atoms with E-state index in [4.69, 9.17) is 16.3 Å². The van der Waals surface area contributed by atoms with E-state index in [-0.39, 0.29) is 5.69 Å². The number of aromatic nitrogens is 2. The summed E-state index contributed by atoms with van der Waals surface area (Å²) in [7, 11) is 0. The molecule has 110 valence electrons. The molecule has 5 nitrogen and oxygen atoms in total. The predicted octanol–water partition coefficient (Wildman–Crippen LogP) is 3.80. The molecule has 0 saturated heterocycles. The van der Waals surface area contributed by atoms with Crippen LogP contribution in [-0.4, -0.2) is 27.5 Å². The van der Waals surface area contributed by atoms with Crippen molar-refractivity contribution >= 4 is 24.0 Å². The van der Waals surface area contributed by atoms with Gasteiger partial charge in [-0.15, -0.1) is 0 Å². The minimum absolute atomic E-state index is 0.201. The van der Waals surface area contributed by atoms with Crippen molar-refractivity contribution in [1.29, 1.82) is 0 Å². The average molecular weight is 307 g/mol. The Bertz CT molecular complexity index is 686. The second-order valence-electron chi connectivity index (χ2n) is 5.48. The van der Waals surface area contributed by atoms with Gasteiger partial charge in [-0.2, -0.15) is 0 Å². The number of halogens is 1. The van der Waals surface area contributed by atoms with Gasteiger partial charge in [0.25, 0.3) is 0 Å². The summed E-state index contributed by atoms with van der Waals surface area (Å²) >= 11 is 6.07. The van der Waals surface area contributed by atoms with Crippen molar-refractivity contribution in [2.75, 3.05) is 0 Å². The van der Waals surface area contributed by atoms with Crippen LogP contribution in [0.15, 0.2) is 30.7 Å². The van der Waals surface area contributed by atoms with Gasteiger partial charge in [-0.25, -0.2) is 9.36 Å². The number of hydrogen-bond acceptors (Lipinski definition) is 4. The minimum atomic E-state index is -0.643. The van der Waals surface area contributed by atoms with Crippen LogP contribution in [0.4, 0.5) is 4.79 Å². The quantitative estimate of drug-likeness (QED) is 0.792. The van der Waals surface area contributed by atoms with Crippen LogP contribution in [0.2, 0.25) is 5.02 Å². The van der Waals surface area contributed by atoms with E-state index < -0.39 is 11.7 Å². The van der Waals surface area contributed by atoms with Crippen LogP contribution in [0.1, 0.15) is 31.3 Å². The summed E-state index contributed by atoms with van der Waals surface area (Å²) < 4.78 is 6.44. The third-order valence-corrected chi connectivity index (χ3v) is 2.95. The molecule has 2 heterocycles. The SMILES string of the molecule is CC(C)(C)OC(=O)n1cc(-c2ccncc2Cl)cc1C=O. The number of aldehydes is 1. The second-order valence-corrected chi connectivity index (χ2v) is 5.88. The Morgan fingerprint density at radius 2 is 2.14 bits per heavy atom. The maximum absolute atomic E-state index is 12.1. The first kappa shape index (κ1) is 15.3. The van der Waals surface area contributed by atoms with Crippen LogP contribution in [-0.2, 0) is 4.74 Å². The maximum Gasteiger partial charge on any atom is 0.419 e. The lowest BCUT2D eigenvalue weighted by Crippen LogP contribution is -2.27. The van der Waals surface area contributed by atoms with E-state index in [0.717, 1.165) is 0 Å². The number of pyridine rings is 1. The van der Waals surface area contributed by atoms with Crippen LogP contribution < -0.4 is 0 Å². The Balaban J connectivity index is 2.43. The molecular weight excluding hydrogens is 292 g/mol. The number of carbonyl (C=O) groups is 2. The highest BCUT2D eigenvalue weighted by Gasteiger charge is 2.21. The van der Waals surface area contributed by atoms with Gasteiger partial charge in [0.2, 0.25) is 0 Å². The van der Waals surface area contributed by atoms with Gasteiger partial charge < -0.3 is 4.74 Å². The Hall–Kier alpha value is -2.14. The first-order valence-corrected chi connectivity index (χ1v) is 6.70. The molecule has 0 spiro atoms. The van der Waals surface area contributed by atoms with E-state index in [2.05, 4.69) is 4.98 Å². The Morgan fingerprint density at radius 1 is 1.43 bits per heavy atom. The lowest BCUT2D eigenvalue weighted by molar-refractivity contribution is 0.0531. The summed E-state index contributed by atoms with van der Waals surface area (Å²) in [4.78, 5) is 27.2. The third-order valence-electron chi connectivity index (χ3n) is 2.64. The fourth-order valence-corrected chi connectivity index (χ4v) is 2.02. The molecule has 0 saturated carbocycles. The molecule has 0 radical (unpaired) electrons. The van der Waals surface area contributed by atoms with E-state index in [9.17, 15) is 9.59 Å². The lowest BCUT2D eigenvalue weighted by Gasteiger charge is -2.19. The van der Waals surface area contributed by atoms with Gasteiger partial charge in [0.15, 0.2) is 6.29 Å². The summed E-state index contributed by atoms with van der Waals surface area (Å²) in [6.07, 6.45) is 4.61. The normalized spacial score (nSPS) is 11.2. The van der Waals surface area contributed by atoms with Crippen molar-refractivity contribution in [2.45, 2.75) is 26.4 Å². The molecule has 2 rings (SSSR count). The molecular formula is C15H15ClN2O3. The van der Waals surface area contributed by atoms with Crippen molar-refractivity contribution in [2.24, 2.45) is 0 Å². The van der Waals surface area contributed by atoms with E-state index >= 15 is 0 Å². The number of rotatable bonds is 2. The fourth-order valence-electron chi connectivity index (χ4n) is 1.80. The van der Waals surface area contributed by atoms with Gasteiger partial charge >= 0.3 is 6.09 Å². The number of hydrogen-bond donors (Lipinski definition) is 0. The summed E-state index contributed by atoms with van der Waals surface area (Å²) in [6.45, 7) is 5.28. The Kier molecular flexibility index (Phi) is 4.14. The molecule has 0 aliphatic carbocycles. The van der Waals surface area contributed by atoms with Crippen molar-refractivity contribution in [3.05, 3.63) is 41.4 Å². The van der Waals surface area contributed by atoms with Crippen LogP contribution in [0.3, 0.4) is 0 Å². The summed E-state index contributed by atoms with van der Waals surface area (Å²) in [5.74, 6) is 0. The molecule has 0 atom stereocenters. The van der Waals surface area contributed by atoms with Crippen molar-refractivity contribution < 1.29 is 14.3 Å². The molecule has 0 N–H and O–H groups in total. The number of ether oxygens (including phenoxy) is 1. The van der Waals surface area contributed by atoms with Gasteiger partial charge in [-0.05, 0) is 32.9 Å².